The zero-order valence-corrected chi connectivity index (χ0v) is 11.2. The Labute approximate surface area is 98.4 Å². The predicted octanol–water partition coefficient (Wildman–Crippen LogP) is 0.929. The first kappa shape index (κ1) is 15.8. The minimum Gasteiger partial charge on any atom is -0.767 e. The number of rotatable bonds is 6. The van der Waals surface area contributed by atoms with Crippen LogP contribution in [0.1, 0.15) is 53.9 Å². The molecule has 98 valence electrons. The van der Waals surface area contributed by atoms with Crippen LogP contribution in [0, 0.1) is 5.21 Å². The zero-order valence-electron chi connectivity index (χ0n) is 11.2. The third-order valence-electron chi connectivity index (χ3n) is 4.36. The van der Waals surface area contributed by atoms with Crippen molar-refractivity contribution in [2.45, 2.75) is 65.1 Å². The molecule has 6 heteroatoms. The van der Waals surface area contributed by atoms with Gasteiger partial charge in [0.25, 0.3) is 0 Å². The Morgan fingerprint density at radius 1 is 1.06 bits per heavy atom. The molecule has 0 aliphatic carbocycles. The normalized spacial score (nSPS) is 17.6. The van der Waals surface area contributed by atoms with Gasteiger partial charge in [-0.15, -0.1) is 0 Å². The van der Waals surface area contributed by atoms with Gasteiger partial charge in [-0.05, 0) is 6.92 Å². The highest BCUT2D eigenvalue weighted by Gasteiger charge is 2.54. The van der Waals surface area contributed by atoms with Crippen LogP contribution in [0.25, 0.3) is 0 Å². The number of hydrogen-bond acceptors (Lipinski definition) is 5. The Morgan fingerprint density at radius 3 is 1.62 bits per heavy atom. The van der Waals surface area contributed by atoms with Gasteiger partial charge in [-0.2, -0.15) is 16.4 Å². The molecule has 1 atom stereocenters. The van der Waals surface area contributed by atoms with Crippen molar-refractivity contribution in [3.8, 4) is 0 Å². The summed E-state index contributed by atoms with van der Waals surface area (Å²) in [6.07, 6.45) is 2.04. The molecule has 0 aromatic rings. The van der Waals surface area contributed by atoms with Crippen molar-refractivity contribution in [2.75, 3.05) is 0 Å². The van der Waals surface area contributed by atoms with Gasteiger partial charge in [0.05, 0.1) is 0 Å². The summed E-state index contributed by atoms with van der Waals surface area (Å²) in [6, 6.07) is 0. The number of hydrazine groups is 1. The van der Waals surface area contributed by atoms with E-state index < -0.39 is 5.66 Å². The average Bonchev–Trinajstić information content (AvgIpc) is 2.25. The molecule has 0 saturated carbocycles. The molecule has 0 aromatic heterocycles. The fourth-order valence-corrected chi connectivity index (χ4v) is 1.94. The van der Waals surface area contributed by atoms with Crippen LogP contribution >= 0.6 is 0 Å². The summed E-state index contributed by atoms with van der Waals surface area (Å²) >= 11 is 0. The molecular formula is C10H27N5O. The molecule has 0 heterocycles. The molecule has 0 rings (SSSR count). The lowest BCUT2D eigenvalue weighted by atomic mass is 9.89. The zero-order chi connectivity index (χ0) is 13.2. The van der Waals surface area contributed by atoms with Crippen molar-refractivity contribution < 1.29 is 4.70 Å². The van der Waals surface area contributed by atoms with E-state index in [4.69, 9.17) is 17.5 Å². The van der Waals surface area contributed by atoms with Crippen LogP contribution in [-0.4, -0.2) is 21.1 Å². The summed E-state index contributed by atoms with van der Waals surface area (Å²) in [4.78, 5) is 0. The number of nitrogens with zero attached hydrogens (tertiary/aromatic N) is 2. The predicted molar refractivity (Wildman–Crippen MR) is 65.7 cm³/mol. The van der Waals surface area contributed by atoms with Crippen molar-refractivity contribution >= 4 is 0 Å². The van der Waals surface area contributed by atoms with Gasteiger partial charge in [-0.1, -0.05) is 20.8 Å². The Hall–Kier alpha value is -0.240. The molecule has 0 radical (unpaired) electrons. The van der Waals surface area contributed by atoms with E-state index in [-0.39, 0.29) is 10.2 Å². The number of hydrogen-bond donors (Lipinski definition) is 3. The fourth-order valence-electron chi connectivity index (χ4n) is 1.94. The van der Waals surface area contributed by atoms with Crippen LogP contribution in [-0.2, 0) is 0 Å². The highest BCUT2D eigenvalue weighted by Crippen LogP contribution is 2.35. The number of nitrogens with two attached hydrogens (primary N) is 3. The van der Waals surface area contributed by atoms with Crippen molar-refractivity contribution in [2.24, 2.45) is 17.5 Å². The highest BCUT2D eigenvalue weighted by atomic mass is 16.5. The average molecular weight is 233 g/mol. The molecule has 0 aromatic carbocycles. The molecule has 0 aliphatic rings. The lowest BCUT2D eigenvalue weighted by Gasteiger charge is -2.57. The highest BCUT2D eigenvalue weighted by molar-refractivity contribution is 4.80. The Kier molecular flexibility index (Phi) is 4.88. The lowest BCUT2D eigenvalue weighted by Crippen LogP contribution is -2.84. The van der Waals surface area contributed by atoms with Crippen LogP contribution in [0.3, 0.4) is 0 Å². The van der Waals surface area contributed by atoms with E-state index in [1.807, 2.05) is 27.7 Å². The summed E-state index contributed by atoms with van der Waals surface area (Å²) in [7, 11) is 0. The smallest absolute Gasteiger partial charge is 0.189 e. The van der Waals surface area contributed by atoms with Gasteiger partial charge in [-0.25, -0.2) is 0 Å². The van der Waals surface area contributed by atoms with Crippen molar-refractivity contribution in [3.63, 3.8) is 0 Å². The van der Waals surface area contributed by atoms with Gasteiger partial charge in [-0.3, -0.25) is 11.0 Å². The largest absolute Gasteiger partial charge is 0.767 e. The van der Waals surface area contributed by atoms with Crippen LogP contribution in [0.5, 0.6) is 0 Å². The van der Waals surface area contributed by atoms with Gasteiger partial charge < -0.3 is 5.21 Å². The Balaban J connectivity index is 5.46. The third-order valence-corrected chi connectivity index (χ3v) is 4.36. The molecule has 0 spiro atoms. The standard InChI is InChI=1S/C10H27N5O/c1-6-9(4,7-2)15(12,13)10(5,8-3)14(11)16/h6-8,11-13H2,1-5H3. The summed E-state index contributed by atoms with van der Waals surface area (Å²) < 4.78 is -0.385. The summed E-state index contributed by atoms with van der Waals surface area (Å²) in [5, 5.41) is 11.9. The van der Waals surface area contributed by atoms with E-state index in [1.54, 1.807) is 6.92 Å². The molecule has 0 amide bonds. The van der Waals surface area contributed by atoms with Crippen molar-refractivity contribution in [1.82, 2.24) is 5.17 Å². The summed E-state index contributed by atoms with van der Waals surface area (Å²) in [5.41, 5.74) is -1.41. The quantitative estimate of drug-likeness (QED) is 0.274. The molecule has 6 nitrogen and oxygen atoms in total. The maximum Gasteiger partial charge on any atom is 0.189 e. The summed E-state index contributed by atoms with van der Waals surface area (Å²) in [6.45, 7) is 9.56. The second-order valence-electron chi connectivity index (χ2n) is 4.88. The first-order valence-electron chi connectivity index (χ1n) is 5.81. The maximum absolute atomic E-state index is 11.5. The minimum atomic E-state index is -1.03. The van der Waals surface area contributed by atoms with E-state index in [0.717, 1.165) is 12.8 Å². The first-order valence-corrected chi connectivity index (χ1v) is 5.81. The third kappa shape index (κ3) is 2.09. The maximum atomic E-state index is 11.5. The molecule has 0 saturated heterocycles. The monoisotopic (exact) mass is 233 g/mol. The van der Waals surface area contributed by atoms with Gasteiger partial charge >= 0.3 is 0 Å². The van der Waals surface area contributed by atoms with E-state index in [9.17, 15) is 5.21 Å². The van der Waals surface area contributed by atoms with Crippen LogP contribution in [0.2, 0.25) is 0 Å². The van der Waals surface area contributed by atoms with Gasteiger partial charge in [0, 0.05) is 26.2 Å². The van der Waals surface area contributed by atoms with Gasteiger partial charge in [0.15, 0.2) is 5.66 Å². The van der Waals surface area contributed by atoms with Crippen molar-refractivity contribution in [3.05, 3.63) is 5.21 Å². The topological polar surface area (TPSA) is 104 Å². The SMILES string of the molecule is CCC(C)(CC)[N+](N)(N)C(C)(CC)N(N)[O-]. The van der Waals surface area contributed by atoms with Gasteiger partial charge in [0.2, 0.25) is 0 Å². The van der Waals surface area contributed by atoms with E-state index in [0.29, 0.717) is 11.6 Å². The van der Waals surface area contributed by atoms with Crippen LogP contribution in [0.4, 0.5) is 0 Å². The van der Waals surface area contributed by atoms with Crippen LogP contribution in [0.15, 0.2) is 0 Å². The molecule has 0 fully saturated rings. The van der Waals surface area contributed by atoms with E-state index in [2.05, 4.69) is 0 Å². The molecule has 0 aliphatic heterocycles. The number of quaternary nitrogens is 1. The fraction of sp³-hybridized carbons (Fsp3) is 1.00. The van der Waals surface area contributed by atoms with E-state index in [1.165, 1.54) is 0 Å². The molecule has 16 heavy (non-hydrogen) atoms. The Morgan fingerprint density at radius 2 is 1.44 bits per heavy atom. The second kappa shape index (κ2) is 4.95. The first-order chi connectivity index (χ1) is 7.13. The summed E-state index contributed by atoms with van der Waals surface area (Å²) in [5.74, 6) is 17.8. The van der Waals surface area contributed by atoms with Gasteiger partial charge in [0.1, 0.15) is 5.54 Å². The van der Waals surface area contributed by atoms with Crippen LogP contribution < -0.4 is 17.5 Å². The molecular weight excluding hydrogens is 206 g/mol. The molecule has 6 N–H and O–H groups in total. The molecule has 1 unspecified atom stereocenters. The van der Waals surface area contributed by atoms with E-state index >= 15 is 0 Å². The Bertz CT molecular complexity index is 227. The minimum absolute atomic E-state index is 0.382. The second-order valence-corrected chi connectivity index (χ2v) is 4.88. The van der Waals surface area contributed by atoms with Crippen molar-refractivity contribution in [1.29, 1.82) is 0 Å². The number of hydroxylamine groups is 1. The lowest BCUT2D eigenvalue weighted by molar-refractivity contribution is -1.05. The molecule has 0 bridgehead atoms.